The van der Waals surface area contributed by atoms with E-state index in [1.54, 1.807) is 18.2 Å². The first-order valence-corrected chi connectivity index (χ1v) is 5.84. The van der Waals surface area contributed by atoms with Gasteiger partial charge in [-0.25, -0.2) is 4.39 Å². The Morgan fingerprint density at radius 3 is 2.47 bits per heavy atom. The monoisotopic (exact) mass is 269 g/mol. The van der Waals surface area contributed by atoms with E-state index in [1.807, 2.05) is 0 Å². The van der Waals surface area contributed by atoms with Gasteiger partial charge in [-0.1, -0.05) is 18.2 Å². The highest BCUT2D eigenvalue weighted by Gasteiger charge is 2.22. The second-order valence-corrected chi connectivity index (χ2v) is 4.22. The summed E-state index contributed by atoms with van der Waals surface area (Å²) in [5, 5.41) is 17.6. The quantitative estimate of drug-likeness (QED) is 0.785. The Balaban J connectivity index is 2.81. The van der Waals surface area contributed by atoms with Gasteiger partial charge in [0.1, 0.15) is 11.9 Å². The largest absolute Gasteiger partial charge is 0.481 e. The first-order chi connectivity index (χ1) is 8.91. The third-order valence-corrected chi connectivity index (χ3v) is 2.85. The van der Waals surface area contributed by atoms with E-state index >= 15 is 0 Å². The lowest BCUT2D eigenvalue weighted by atomic mass is 10.1. The number of carboxylic acid groups (broad SMARTS) is 2. The Bertz CT molecular complexity index is 464. The van der Waals surface area contributed by atoms with Crippen LogP contribution >= 0.6 is 0 Å². The summed E-state index contributed by atoms with van der Waals surface area (Å²) in [5.74, 6) is -2.52. The number of aliphatic carboxylic acids is 2. The van der Waals surface area contributed by atoms with Crippen molar-refractivity contribution in [3.63, 3.8) is 0 Å². The number of halogens is 1. The minimum Gasteiger partial charge on any atom is -0.481 e. The molecule has 0 spiro atoms. The molecule has 2 N–H and O–H groups in total. The summed E-state index contributed by atoms with van der Waals surface area (Å²) < 4.78 is 13.5. The van der Waals surface area contributed by atoms with E-state index in [4.69, 9.17) is 10.2 Å². The summed E-state index contributed by atoms with van der Waals surface area (Å²) in [7, 11) is 0. The van der Waals surface area contributed by atoms with E-state index in [0.29, 0.717) is 5.56 Å². The van der Waals surface area contributed by atoms with Crippen molar-refractivity contribution in [1.29, 1.82) is 0 Å². The lowest BCUT2D eigenvalue weighted by Gasteiger charge is -2.25. The van der Waals surface area contributed by atoms with Crippen LogP contribution in [0.5, 0.6) is 0 Å². The van der Waals surface area contributed by atoms with Gasteiger partial charge >= 0.3 is 11.9 Å². The van der Waals surface area contributed by atoms with Gasteiger partial charge in [-0.15, -0.1) is 0 Å². The highest BCUT2D eigenvalue weighted by molar-refractivity contribution is 5.73. The molecule has 1 aromatic carbocycles. The highest BCUT2D eigenvalue weighted by Crippen LogP contribution is 2.13. The van der Waals surface area contributed by atoms with Crippen LogP contribution in [0.25, 0.3) is 0 Å². The molecule has 1 unspecified atom stereocenters. The Hall–Kier alpha value is -1.95. The highest BCUT2D eigenvalue weighted by atomic mass is 19.1. The minimum atomic E-state index is -1.07. The summed E-state index contributed by atoms with van der Waals surface area (Å²) in [4.78, 5) is 23.0. The number of nitrogens with zero attached hydrogens (tertiary/aromatic N) is 1. The Morgan fingerprint density at radius 2 is 1.95 bits per heavy atom. The van der Waals surface area contributed by atoms with Crippen molar-refractivity contribution >= 4 is 11.9 Å². The Kier molecular flexibility index (Phi) is 5.44. The molecule has 0 saturated carbocycles. The minimum absolute atomic E-state index is 0.0527. The van der Waals surface area contributed by atoms with Gasteiger partial charge in [0.15, 0.2) is 0 Å². The predicted molar refractivity (Wildman–Crippen MR) is 66.2 cm³/mol. The molecule has 1 atom stereocenters. The number of carbonyl (C=O) groups is 2. The normalized spacial score (nSPS) is 12.4. The summed E-state index contributed by atoms with van der Waals surface area (Å²) in [6, 6.07) is 5.16. The predicted octanol–water partition coefficient (Wildman–Crippen LogP) is 1.58. The molecular formula is C13H16FNO4. The fourth-order valence-electron chi connectivity index (χ4n) is 1.65. The zero-order valence-corrected chi connectivity index (χ0v) is 10.5. The molecule has 0 fully saturated rings. The molecule has 104 valence electrons. The van der Waals surface area contributed by atoms with E-state index in [9.17, 15) is 14.0 Å². The van der Waals surface area contributed by atoms with Gasteiger partial charge in [0.25, 0.3) is 0 Å². The van der Waals surface area contributed by atoms with Gasteiger partial charge in [-0.3, -0.25) is 14.5 Å². The Morgan fingerprint density at radius 1 is 1.32 bits per heavy atom. The molecule has 5 nitrogen and oxygen atoms in total. The van der Waals surface area contributed by atoms with Crippen LogP contribution in [0, 0.1) is 5.82 Å². The van der Waals surface area contributed by atoms with Gasteiger partial charge in [-0.2, -0.15) is 0 Å². The maximum atomic E-state index is 13.5. The van der Waals surface area contributed by atoms with Gasteiger partial charge < -0.3 is 10.2 Å². The van der Waals surface area contributed by atoms with Crippen LogP contribution in [-0.4, -0.2) is 39.6 Å². The zero-order chi connectivity index (χ0) is 14.4. The number of hydrogen-bond acceptors (Lipinski definition) is 3. The fraction of sp³-hybridized carbons (Fsp3) is 0.385. The first-order valence-electron chi connectivity index (χ1n) is 5.84. The van der Waals surface area contributed by atoms with Crippen LogP contribution in [0.15, 0.2) is 24.3 Å². The lowest BCUT2D eigenvalue weighted by Crippen LogP contribution is -2.39. The molecule has 1 rings (SSSR count). The zero-order valence-electron chi connectivity index (χ0n) is 10.5. The average Bonchev–Trinajstić information content (AvgIpc) is 2.35. The van der Waals surface area contributed by atoms with E-state index in [2.05, 4.69) is 0 Å². The van der Waals surface area contributed by atoms with Crippen molar-refractivity contribution in [3.05, 3.63) is 35.6 Å². The van der Waals surface area contributed by atoms with Gasteiger partial charge in [0, 0.05) is 18.7 Å². The van der Waals surface area contributed by atoms with Crippen molar-refractivity contribution < 1.29 is 24.2 Å². The van der Waals surface area contributed by atoms with Crippen molar-refractivity contribution in [2.45, 2.75) is 25.9 Å². The number of rotatable bonds is 7. The summed E-state index contributed by atoms with van der Waals surface area (Å²) in [5.41, 5.74) is 0.348. The fourth-order valence-corrected chi connectivity index (χ4v) is 1.65. The van der Waals surface area contributed by atoms with E-state index < -0.39 is 23.8 Å². The SMILES string of the molecule is CC(C(=O)O)N(CCC(=O)O)Cc1ccccc1F. The van der Waals surface area contributed by atoms with Crippen molar-refractivity contribution in [2.24, 2.45) is 0 Å². The third kappa shape index (κ3) is 4.67. The molecular weight excluding hydrogens is 253 g/mol. The molecule has 6 heteroatoms. The number of benzene rings is 1. The molecule has 0 heterocycles. The van der Waals surface area contributed by atoms with Crippen LogP contribution in [0.3, 0.4) is 0 Å². The number of hydrogen-bond donors (Lipinski definition) is 2. The topological polar surface area (TPSA) is 77.8 Å². The molecule has 0 aliphatic rings. The molecule has 19 heavy (non-hydrogen) atoms. The summed E-state index contributed by atoms with van der Waals surface area (Å²) in [6.07, 6.45) is -0.188. The standard InChI is InChI=1S/C13H16FNO4/c1-9(13(18)19)15(7-6-12(16)17)8-10-4-2-3-5-11(10)14/h2-5,9H,6-8H2,1H3,(H,16,17)(H,18,19). The molecule has 0 amide bonds. The molecule has 1 aromatic rings. The summed E-state index contributed by atoms with van der Waals surface area (Å²) >= 11 is 0. The summed E-state index contributed by atoms with van der Waals surface area (Å²) in [6.45, 7) is 1.57. The number of carboxylic acids is 2. The van der Waals surface area contributed by atoms with Crippen LogP contribution in [0.4, 0.5) is 4.39 Å². The van der Waals surface area contributed by atoms with Crippen LogP contribution < -0.4 is 0 Å². The van der Waals surface area contributed by atoms with Crippen molar-refractivity contribution in [2.75, 3.05) is 6.54 Å². The molecule has 0 aliphatic carbocycles. The first kappa shape index (κ1) is 15.1. The van der Waals surface area contributed by atoms with Crippen molar-refractivity contribution in [1.82, 2.24) is 4.90 Å². The van der Waals surface area contributed by atoms with Crippen LogP contribution in [0.2, 0.25) is 0 Å². The van der Waals surface area contributed by atoms with E-state index in [-0.39, 0.29) is 19.5 Å². The van der Waals surface area contributed by atoms with E-state index in [1.165, 1.54) is 17.9 Å². The average molecular weight is 269 g/mol. The molecule has 0 aromatic heterocycles. The van der Waals surface area contributed by atoms with Gasteiger partial charge in [0.2, 0.25) is 0 Å². The second kappa shape index (κ2) is 6.84. The lowest BCUT2D eigenvalue weighted by molar-refractivity contribution is -0.144. The molecule has 0 saturated heterocycles. The third-order valence-electron chi connectivity index (χ3n) is 2.85. The Labute approximate surface area is 110 Å². The second-order valence-electron chi connectivity index (χ2n) is 4.22. The van der Waals surface area contributed by atoms with Gasteiger partial charge in [0.05, 0.1) is 6.42 Å². The smallest absolute Gasteiger partial charge is 0.320 e. The van der Waals surface area contributed by atoms with E-state index in [0.717, 1.165) is 0 Å². The van der Waals surface area contributed by atoms with Crippen LogP contribution in [-0.2, 0) is 16.1 Å². The molecule has 0 radical (unpaired) electrons. The van der Waals surface area contributed by atoms with Gasteiger partial charge in [-0.05, 0) is 13.0 Å². The van der Waals surface area contributed by atoms with Crippen molar-refractivity contribution in [3.8, 4) is 0 Å². The molecule has 0 aliphatic heterocycles. The van der Waals surface area contributed by atoms with Crippen LogP contribution in [0.1, 0.15) is 18.9 Å². The maximum Gasteiger partial charge on any atom is 0.320 e. The molecule has 0 bridgehead atoms. The maximum absolute atomic E-state index is 13.5.